The van der Waals surface area contributed by atoms with Gasteiger partial charge in [-0.25, -0.2) is 18.2 Å². The van der Waals surface area contributed by atoms with E-state index in [0.717, 1.165) is 16.9 Å². The SMILES string of the molecule is O=C(O)c1ccc(S(=O)(=O)N2CCC(c3nc4ccc(Cl)cc4[nH]3)CC2)cc1. The van der Waals surface area contributed by atoms with Crippen LogP contribution in [0.15, 0.2) is 47.4 Å². The van der Waals surface area contributed by atoms with Crippen molar-refractivity contribution in [1.82, 2.24) is 14.3 Å². The molecule has 1 saturated heterocycles. The number of nitrogens with one attached hydrogen (secondary N) is 1. The number of carboxylic acid groups (broad SMARTS) is 1. The van der Waals surface area contributed by atoms with Gasteiger partial charge in [0.25, 0.3) is 0 Å². The van der Waals surface area contributed by atoms with Gasteiger partial charge in [-0.2, -0.15) is 4.31 Å². The number of sulfonamides is 1. The highest BCUT2D eigenvalue weighted by molar-refractivity contribution is 7.89. The molecule has 0 amide bonds. The Bertz CT molecular complexity index is 1130. The smallest absolute Gasteiger partial charge is 0.335 e. The van der Waals surface area contributed by atoms with E-state index in [9.17, 15) is 13.2 Å². The fraction of sp³-hybridized carbons (Fsp3) is 0.263. The molecule has 0 atom stereocenters. The van der Waals surface area contributed by atoms with Crippen LogP contribution in [0.4, 0.5) is 0 Å². The molecule has 1 fully saturated rings. The minimum Gasteiger partial charge on any atom is -0.478 e. The lowest BCUT2D eigenvalue weighted by Gasteiger charge is -2.30. The maximum absolute atomic E-state index is 12.8. The van der Waals surface area contributed by atoms with Crippen LogP contribution in [0.5, 0.6) is 0 Å². The Kier molecular flexibility index (Phi) is 4.86. The molecule has 0 unspecified atom stereocenters. The minimum absolute atomic E-state index is 0.0580. The minimum atomic E-state index is -3.65. The van der Waals surface area contributed by atoms with Gasteiger partial charge in [-0.15, -0.1) is 0 Å². The first-order valence-corrected chi connectivity index (χ1v) is 10.6. The van der Waals surface area contributed by atoms with E-state index >= 15 is 0 Å². The van der Waals surface area contributed by atoms with Gasteiger partial charge in [0.1, 0.15) is 5.82 Å². The van der Waals surface area contributed by atoms with E-state index in [4.69, 9.17) is 16.7 Å². The molecule has 0 bridgehead atoms. The van der Waals surface area contributed by atoms with Crippen molar-refractivity contribution in [2.24, 2.45) is 0 Å². The molecule has 2 aromatic carbocycles. The van der Waals surface area contributed by atoms with Crippen molar-refractivity contribution in [3.05, 3.63) is 58.9 Å². The summed E-state index contributed by atoms with van der Waals surface area (Å²) in [5.74, 6) is -0.0935. The Hall–Kier alpha value is -2.42. The number of piperidine rings is 1. The molecule has 0 saturated carbocycles. The lowest BCUT2D eigenvalue weighted by Crippen LogP contribution is -2.38. The van der Waals surface area contributed by atoms with Crippen LogP contribution in [-0.2, 0) is 10.0 Å². The number of benzene rings is 2. The first-order chi connectivity index (χ1) is 13.3. The van der Waals surface area contributed by atoms with Crippen LogP contribution in [-0.4, -0.2) is 46.9 Å². The third-order valence-electron chi connectivity index (χ3n) is 5.04. The second kappa shape index (κ2) is 7.20. The van der Waals surface area contributed by atoms with Crippen LogP contribution in [0.25, 0.3) is 11.0 Å². The van der Waals surface area contributed by atoms with Crippen molar-refractivity contribution < 1.29 is 18.3 Å². The van der Waals surface area contributed by atoms with Crippen molar-refractivity contribution in [1.29, 1.82) is 0 Å². The zero-order chi connectivity index (χ0) is 19.9. The molecule has 0 aliphatic carbocycles. The average molecular weight is 420 g/mol. The fourth-order valence-electron chi connectivity index (χ4n) is 3.48. The van der Waals surface area contributed by atoms with Gasteiger partial charge in [-0.3, -0.25) is 0 Å². The molecule has 1 aromatic heterocycles. The highest BCUT2D eigenvalue weighted by atomic mass is 35.5. The molecule has 7 nitrogen and oxygen atoms in total. The molecule has 1 aliphatic rings. The predicted octanol–water partition coefficient (Wildman–Crippen LogP) is 3.48. The molecule has 3 aromatic rings. The molecule has 0 spiro atoms. The fourth-order valence-corrected chi connectivity index (χ4v) is 5.12. The van der Waals surface area contributed by atoms with Gasteiger partial charge in [0, 0.05) is 24.0 Å². The summed E-state index contributed by atoms with van der Waals surface area (Å²) in [6.07, 6.45) is 1.31. The van der Waals surface area contributed by atoms with E-state index in [-0.39, 0.29) is 16.4 Å². The van der Waals surface area contributed by atoms with Gasteiger partial charge in [0.05, 0.1) is 21.5 Å². The number of aromatic amines is 1. The number of aromatic nitrogens is 2. The monoisotopic (exact) mass is 419 g/mol. The number of aromatic carboxylic acids is 1. The lowest BCUT2D eigenvalue weighted by atomic mass is 9.97. The van der Waals surface area contributed by atoms with E-state index in [1.54, 1.807) is 6.07 Å². The Labute approximate surface area is 167 Å². The Morgan fingerprint density at radius 1 is 1.14 bits per heavy atom. The summed E-state index contributed by atoms with van der Waals surface area (Å²) in [4.78, 5) is 18.9. The molecule has 9 heteroatoms. The van der Waals surface area contributed by atoms with Crippen LogP contribution in [0.2, 0.25) is 5.02 Å². The molecule has 1 aliphatic heterocycles. The maximum Gasteiger partial charge on any atom is 0.335 e. The molecule has 2 heterocycles. The molecule has 28 heavy (non-hydrogen) atoms. The van der Waals surface area contributed by atoms with Gasteiger partial charge in [0.15, 0.2) is 0 Å². The first-order valence-electron chi connectivity index (χ1n) is 8.83. The standard InChI is InChI=1S/C19H18ClN3O4S/c20-14-3-6-16-17(11-14)22-18(21-16)12-7-9-23(10-8-12)28(26,27)15-4-1-13(2-5-15)19(24)25/h1-6,11-12H,7-10H2,(H,21,22)(H,24,25). The van der Waals surface area contributed by atoms with Crippen molar-refractivity contribution in [2.45, 2.75) is 23.7 Å². The normalized spacial score (nSPS) is 16.5. The summed E-state index contributed by atoms with van der Waals surface area (Å²) in [5, 5.41) is 9.59. The second-order valence-corrected chi connectivity index (χ2v) is 9.17. The van der Waals surface area contributed by atoms with E-state index in [1.165, 1.54) is 28.6 Å². The Morgan fingerprint density at radius 2 is 1.82 bits per heavy atom. The Morgan fingerprint density at radius 3 is 2.46 bits per heavy atom. The van der Waals surface area contributed by atoms with Gasteiger partial charge in [0.2, 0.25) is 10.0 Å². The first kappa shape index (κ1) is 18.9. The highest BCUT2D eigenvalue weighted by Gasteiger charge is 2.31. The molecular formula is C19H18ClN3O4S. The van der Waals surface area contributed by atoms with Crippen LogP contribution in [0, 0.1) is 0 Å². The summed E-state index contributed by atoms with van der Waals surface area (Å²) in [7, 11) is -3.65. The number of carbonyl (C=O) groups is 1. The van der Waals surface area contributed by atoms with Crippen LogP contribution >= 0.6 is 11.6 Å². The number of carboxylic acids is 1. The summed E-state index contributed by atoms with van der Waals surface area (Å²) in [6.45, 7) is 0.761. The lowest BCUT2D eigenvalue weighted by molar-refractivity contribution is 0.0696. The van der Waals surface area contributed by atoms with Crippen LogP contribution in [0.1, 0.15) is 34.9 Å². The highest BCUT2D eigenvalue weighted by Crippen LogP contribution is 2.31. The number of hydrogen-bond donors (Lipinski definition) is 2. The summed E-state index contributed by atoms with van der Waals surface area (Å²) >= 11 is 6.01. The van der Waals surface area contributed by atoms with Crippen molar-refractivity contribution >= 4 is 38.6 Å². The summed E-state index contributed by atoms with van der Waals surface area (Å²) < 4.78 is 27.1. The van der Waals surface area contributed by atoms with Crippen LogP contribution < -0.4 is 0 Å². The molecule has 146 valence electrons. The van der Waals surface area contributed by atoms with Crippen molar-refractivity contribution in [2.75, 3.05) is 13.1 Å². The van der Waals surface area contributed by atoms with Gasteiger partial charge >= 0.3 is 5.97 Å². The van der Waals surface area contributed by atoms with E-state index in [2.05, 4.69) is 9.97 Å². The molecule has 0 radical (unpaired) electrons. The van der Waals surface area contributed by atoms with E-state index in [0.29, 0.717) is 31.0 Å². The number of hydrogen-bond acceptors (Lipinski definition) is 4. The van der Waals surface area contributed by atoms with E-state index in [1.807, 2.05) is 12.1 Å². The molecule has 2 N–H and O–H groups in total. The number of H-pyrrole nitrogens is 1. The number of nitrogens with zero attached hydrogens (tertiary/aromatic N) is 2. The quantitative estimate of drug-likeness (QED) is 0.673. The summed E-state index contributed by atoms with van der Waals surface area (Å²) in [6, 6.07) is 10.8. The van der Waals surface area contributed by atoms with Gasteiger partial charge in [-0.1, -0.05) is 11.6 Å². The second-order valence-electron chi connectivity index (χ2n) is 6.79. The van der Waals surface area contributed by atoms with Gasteiger partial charge in [-0.05, 0) is 55.3 Å². The van der Waals surface area contributed by atoms with E-state index < -0.39 is 16.0 Å². The van der Waals surface area contributed by atoms with Crippen LogP contribution in [0.3, 0.4) is 0 Å². The Balaban J connectivity index is 1.48. The number of fused-ring (bicyclic) bond motifs is 1. The zero-order valence-corrected chi connectivity index (χ0v) is 16.4. The largest absolute Gasteiger partial charge is 0.478 e. The summed E-state index contributed by atoms with van der Waals surface area (Å²) in [5.41, 5.74) is 1.77. The van der Waals surface area contributed by atoms with Crippen molar-refractivity contribution in [3.63, 3.8) is 0 Å². The third-order valence-corrected chi connectivity index (χ3v) is 7.19. The number of rotatable bonds is 4. The predicted molar refractivity (Wildman–Crippen MR) is 105 cm³/mol. The molecule has 4 rings (SSSR count). The third kappa shape index (κ3) is 3.50. The molecular weight excluding hydrogens is 402 g/mol. The number of halogens is 1. The van der Waals surface area contributed by atoms with Crippen molar-refractivity contribution in [3.8, 4) is 0 Å². The topological polar surface area (TPSA) is 103 Å². The zero-order valence-electron chi connectivity index (χ0n) is 14.8. The average Bonchev–Trinajstić information content (AvgIpc) is 3.11. The van der Waals surface area contributed by atoms with Gasteiger partial charge < -0.3 is 10.1 Å². The number of imidazole rings is 1. The maximum atomic E-state index is 12.8.